The lowest BCUT2D eigenvalue weighted by molar-refractivity contribution is -0.130. The van der Waals surface area contributed by atoms with Crippen LogP contribution in [0.3, 0.4) is 0 Å². The number of aliphatic carboxylic acids is 1. The molecule has 0 amide bonds. The third-order valence-corrected chi connectivity index (χ3v) is 3.86. The van der Waals surface area contributed by atoms with Gasteiger partial charge in [-0.3, -0.25) is 0 Å². The molecule has 0 bridgehead atoms. The normalized spacial score (nSPS) is 11.8. The molecule has 0 radical (unpaired) electrons. The number of methoxy groups -OCH3 is 1. The van der Waals surface area contributed by atoms with Gasteiger partial charge in [-0.1, -0.05) is 23.2 Å². The van der Waals surface area contributed by atoms with Gasteiger partial charge in [0.1, 0.15) is 22.1 Å². The van der Waals surface area contributed by atoms with Crippen LogP contribution in [0.5, 0.6) is 5.88 Å². The summed E-state index contributed by atoms with van der Waals surface area (Å²) in [5.41, 5.74) is -0.898. The van der Waals surface area contributed by atoms with Gasteiger partial charge in [0, 0.05) is 18.2 Å². The van der Waals surface area contributed by atoms with E-state index >= 15 is 0 Å². The summed E-state index contributed by atoms with van der Waals surface area (Å²) in [6, 6.07) is 1.94. The summed E-state index contributed by atoms with van der Waals surface area (Å²) in [4.78, 5) is 11.4. The van der Waals surface area contributed by atoms with Gasteiger partial charge in [-0.2, -0.15) is 13.9 Å². The van der Waals surface area contributed by atoms with Crippen molar-refractivity contribution in [3.63, 3.8) is 0 Å². The van der Waals surface area contributed by atoms with E-state index in [0.29, 0.717) is 0 Å². The average Bonchev–Trinajstić information content (AvgIpc) is 2.81. The molecule has 0 aliphatic rings. The molecule has 26 heavy (non-hydrogen) atoms. The number of ether oxygens (including phenoxy) is 2. The van der Waals surface area contributed by atoms with Gasteiger partial charge in [0.25, 0.3) is 0 Å². The second kappa shape index (κ2) is 7.88. The lowest BCUT2D eigenvalue weighted by Gasteiger charge is -2.09. The first-order valence-electron chi connectivity index (χ1n) is 6.80. The largest absolute Gasteiger partial charge is 0.503 e. The van der Waals surface area contributed by atoms with Crippen molar-refractivity contribution in [2.75, 3.05) is 7.11 Å². The first-order chi connectivity index (χ1) is 12.2. The Labute approximate surface area is 155 Å². The van der Waals surface area contributed by atoms with E-state index in [1.54, 1.807) is 0 Å². The number of carbonyl (C=O) groups is 1. The molecule has 2 aromatic rings. The van der Waals surface area contributed by atoms with Crippen LogP contribution in [0, 0.1) is 5.82 Å². The molecule has 0 atom stereocenters. The Morgan fingerprint density at radius 3 is 2.58 bits per heavy atom. The molecule has 2 rings (SSSR count). The number of nitrogens with zero attached hydrogens (tertiary/aromatic N) is 2. The minimum absolute atomic E-state index is 0.0736. The van der Waals surface area contributed by atoms with Crippen molar-refractivity contribution in [2.24, 2.45) is 7.05 Å². The van der Waals surface area contributed by atoms with Gasteiger partial charge in [-0.15, -0.1) is 0 Å². The second-order valence-electron chi connectivity index (χ2n) is 4.85. The average molecular weight is 411 g/mol. The standard InChI is InChI=1S/C15H11Cl2F3N2O4/c1-22-13(26-15(19)20)11(17)12(21-22)7-3-6(9(16)4-10(7)18)8(5-25-2)14(23)24/h3-5,15H,1-2H3,(H,23,24)/b8-5-. The molecule has 0 saturated carbocycles. The van der Waals surface area contributed by atoms with Crippen LogP contribution in [0.25, 0.3) is 16.8 Å². The maximum absolute atomic E-state index is 14.4. The van der Waals surface area contributed by atoms with Gasteiger partial charge in [-0.25, -0.2) is 13.9 Å². The smallest absolute Gasteiger partial charge is 0.388 e. The molecular weight excluding hydrogens is 400 g/mol. The number of aryl methyl sites for hydroxylation is 1. The Bertz CT molecular complexity index is 884. The number of hydrogen-bond donors (Lipinski definition) is 1. The van der Waals surface area contributed by atoms with Crippen LogP contribution in [0.4, 0.5) is 13.2 Å². The van der Waals surface area contributed by atoms with E-state index in [-0.39, 0.29) is 32.4 Å². The highest BCUT2D eigenvalue weighted by molar-refractivity contribution is 6.35. The van der Waals surface area contributed by atoms with E-state index in [0.717, 1.165) is 23.1 Å². The maximum Gasteiger partial charge on any atom is 0.388 e. The van der Waals surface area contributed by atoms with Crippen molar-refractivity contribution >= 4 is 34.7 Å². The van der Waals surface area contributed by atoms with Crippen molar-refractivity contribution < 1.29 is 32.5 Å². The highest BCUT2D eigenvalue weighted by Gasteiger charge is 2.25. The number of halogens is 5. The summed E-state index contributed by atoms with van der Waals surface area (Å²) in [5, 5.41) is 12.6. The number of rotatable bonds is 6. The van der Waals surface area contributed by atoms with Gasteiger partial charge >= 0.3 is 12.6 Å². The Morgan fingerprint density at radius 1 is 1.38 bits per heavy atom. The number of benzene rings is 1. The third kappa shape index (κ3) is 3.88. The molecule has 140 valence electrons. The van der Waals surface area contributed by atoms with E-state index in [9.17, 15) is 23.1 Å². The van der Waals surface area contributed by atoms with Crippen LogP contribution in [-0.2, 0) is 16.6 Å². The van der Waals surface area contributed by atoms with E-state index < -0.39 is 24.3 Å². The van der Waals surface area contributed by atoms with Gasteiger partial charge in [0.15, 0.2) is 0 Å². The summed E-state index contributed by atoms with van der Waals surface area (Å²) in [5.74, 6) is -2.73. The quantitative estimate of drug-likeness (QED) is 0.570. The molecule has 1 N–H and O–H groups in total. The third-order valence-electron chi connectivity index (χ3n) is 3.21. The fourth-order valence-corrected chi connectivity index (χ4v) is 2.71. The van der Waals surface area contributed by atoms with Crippen LogP contribution in [0.15, 0.2) is 18.4 Å². The molecule has 0 unspecified atom stereocenters. The van der Waals surface area contributed by atoms with Crippen molar-refractivity contribution in [3.05, 3.63) is 39.8 Å². The van der Waals surface area contributed by atoms with Crippen LogP contribution in [-0.4, -0.2) is 34.6 Å². The zero-order valence-electron chi connectivity index (χ0n) is 13.3. The number of carboxylic acid groups (broad SMARTS) is 1. The van der Waals surface area contributed by atoms with Crippen molar-refractivity contribution in [1.29, 1.82) is 0 Å². The topological polar surface area (TPSA) is 73.6 Å². The molecular formula is C15H11Cl2F3N2O4. The first kappa shape index (κ1) is 19.9. The van der Waals surface area contributed by atoms with Crippen LogP contribution < -0.4 is 4.74 Å². The van der Waals surface area contributed by atoms with E-state index in [1.807, 2.05) is 0 Å². The van der Waals surface area contributed by atoms with Gasteiger partial charge in [-0.05, 0) is 12.1 Å². The minimum atomic E-state index is -3.16. The molecule has 1 heterocycles. The van der Waals surface area contributed by atoms with E-state index in [1.165, 1.54) is 14.2 Å². The Morgan fingerprint density at radius 2 is 2.04 bits per heavy atom. The van der Waals surface area contributed by atoms with E-state index in [4.69, 9.17) is 27.9 Å². The SMILES string of the molecule is CO/C=C(\C(=O)O)c1cc(-c2nn(C)c(OC(F)F)c2Cl)c(F)cc1Cl. The second-order valence-corrected chi connectivity index (χ2v) is 5.64. The summed E-state index contributed by atoms with van der Waals surface area (Å²) in [6.45, 7) is -3.16. The zero-order valence-corrected chi connectivity index (χ0v) is 14.8. The van der Waals surface area contributed by atoms with Crippen LogP contribution in [0.2, 0.25) is 10.0 Å². The maximum atomic E-state index is 14.4. The van der Waals surface area contributed by atoms with Crippen LogP contribution >= 0.6 is 23.2 Å². The Balaban J connectivity index is 2.67. The first-order valence-corrected chi connectivity index (χ1v) is 7.56. The minimum Gasteiger partial charge on any atom is -0.503 e. The predicted molar refractivity (Wildman–Crippen MR) is 87.9 cm³/mol. The van der Waals surface area contributed by atoms with Crippen molar-refractivity contribution in [3.8, 4) is 17.1 Å². The molecule has 0 aliphatic carbocycles. The zero-order chi connectivity index (χ0) is 19.6. The highest BCUT2D eigenvalue weighted by atomic mass is 35.5. The highest BCUT2D eigenvalue weighted by Crippen LogP contribution is 2.39. The lowest BCUT2D eigenvalue weighted by atomic mass is 10.0. The lowest BCUT2D eigenvalue weighted by Crippen LogP contribution is -2.06. The van der Waals surface area contributed by atoms with Crippen molar-refractivity contribution in [2.45, 2.75) is 6.61 Å². The Kier molecular flexibility index (Phi) is 6.04. The predicted octanol–water partition coefficient (Wildman–Crippen LogP) is 4.21. The summed E-state index contributed by atoms with van der Waals surface area (Å²) >= 11 is 11.9. The molecule has 0 aliphatic heterocycles. The summed E-state index contributed by atoms with van der Waals surface area (Å²) in [6.07, 6.45) is 0.913. The molecule has 0 fully saturated rings. The van der Waals surface area contributed by atoms with Gasteiger partial charge in [0.2, 0.25) is 5.88 Å². The van der Waals surface area contributed by atoms with Gasteiger partial charge in [0.05, 0.1) is 18.4 Å². The molecule has 6 nitrogen and oxygen atoms in total. The summed E-state index contributed by atoms with van der Waals surface area (Å²) < 4.78 is 49.2. The monoisotopic (exact) mass is 410 g/mol. The molecule has 0 saturated heterocycles. The molecule has 0 spiro atoms. The van der Waals surface area contributed by atoms with E-state index in [2.05, 4.69) is 9.84 Å². The molecule has 1 aromatic carbocycles. The Hall–Kier alpha value is -2.39. The number of alkyl halides is 2. The number of aromatic nitrogens is 2. The molecule has 1 aromatic heterocycles. The molecule has 11 heteroatoms. The van der Waals surface area contributed by atoms with Crippen molar-refractivity contribution in [1.82, 2.24) is 9.78 Å². The van der Waals surface area contributed by atoms with Gasteiger partial charge < -0.3 is 14.6 Å². The fourth-order valence-electron chi connectivity index (χ4n) is 2.15. The van der Waals surface area contributed by atoms with Crippen LogP contribution in [0.1, 0.15) is 5.56 Å². The number of carboxylic acids is 1. The number of hydrogen-bond acceptors (Lipinski definition) is 4. The fraction of sp³-hybridized carbons (Fsp3) is 0.200. The summed E-state index contributed by atoms with van der Waals surface area (Å²) in [7, 11) is 2.50.